The number of nitrogens with zero attached hydrogens (tertiary/aromatic N) is 4. The molecule has 0 bridgehead atoms. The summed E-state index contributed by atoms with van der Waals surface area (Å²) in [5.74, 6) is 2.60. The third-order valence-electron chi connectivity index (χ3n) is 5.05. The van der Waals surface area contributed by atoms with Crippen LogP contribution in [0.25, 0.3) is 0 Å². The van der Waals surface area contributed by atoms with E-state index in [9.17, 15) is 0 Å². The summed E-state index contributed by atoms with van der Waals surface area (Å²) in [4.78, 5) is 6.06. The maximum atomic E-state index is 5.97. The lowest BCUT2D eigenvalue weighted by Crippen LogP contribution is -2.45. The predicted octanol–water partition coefficient (Wildman–Crippen LogP) is 3.77. The Balaban J connectivity index is 0.00000300. The van der Waals surface area contributed by atoms with E-state index >= 15 is 0 Å². The van der Waals surface area contributed by atoms with Crippen LogP contribution in [0.1, 0.15) is 56.1 Å². The monoisotopic (exact) mass is 532 g/mol. The molecule has 2 heterocycles. The second-order valence-electron chi connectivity index (χ2n) is 7.62. The van der Waals surface area contributed by atoms with E-state index in [0.29, 0.717) is 24.8 Å². The molecule has 0 unspecified atom stereocenters. The van der Waals surface area contributed by atoms with Gasteiger partial charge in [-0.2, -0.15) is 0 Å². The number of ether oxygens (including phenoxy) is 1. The number of nitrogens with one attached hydrogen (secondary N) is 2. The van der Waals surface area contributed by atoms with Crippen molar-refractivity contribution in [3.63, 3.8) is 0 Å². The average Bonchev–Trinajstić information content (AvgIpc) is 3.30. The van der Waals surface area contributed by atoms with Crippen molar-refractivity contribution in [2.75, 3.05) is 0 Å². The Labute approximate surface area is 194 Å². The molecule has 0 radical (unpaired) electrons. The number of halogens is 1. The maximum Gasteiger partial charge on any atom is 0.192 e. The van der Waals surface area contributed by atoms with Crippen LogP contribution in [0.3, 0.4) is 0 Å². The second-order valence-corrected chi connectivity index (χ2v) is 8.66. The first-order valence-electron chi connectivity index (χ1n) is 10.1. The smallest absolute Gasteiger partial charge is 0.192 e. The zero-order valence-corrected chi connectivity index (χ0v) is 20.9. The molecule has 3 rings (SSSR count). The van der Waals surface area contributed by atoms with Gasteiger partial charge >= 0.3 is 0 Å². The van der Waals surface area contributed by atoms with E-state index in [0.717, 1.165) is 49.8 Å². The van der Waals surface area contributed by atoms with Crippen LogP contribution in [-0.4, -0.2) is 39.0 Å². The van der Waals surface area contributed by atoms with E-state index in [2.05, 4.69) is 52.2 Å². The van der Waals surface area contributed by atoms with E-state index < -0.39 is 0 Å². The summed E-state index contributed by atoms with van der Waals surface area (Å²) in [5, 5.41) is 17.5. The van der Waals surface area contributed by atoms with Gasteiger partial charge in [0.1, 0.15) is 12.4 Å². The molecule has 9 heteroatoms. The van der Waals surface area contributed by atoms with E-state index in [1.54, 1.807) is 11.3 Å². The fourth-order valence-electron chi connectivity index (χ4n) is 3.40. The van der Waals surface area contributed by atoms with Gasteiger partial charge in [-0.3, -0.25) is 0 Å². The summed E-state index contributed by atoms with van der Waals surface area (Å²) in [5.41, 5.74) is 0. The summed E-state index contributed by atoms with van der Waals surface area (Å²) in [7, 11) is 1.97. The normalized spacial score (nSPS) is 19.8. The summed E-state index contributed by atoms with van der Waals surface area (Å²) >= 11 is 1.75. The fourth-order valence-corrected chi connectivity index (χ4v) is 4.04. The van der Waals surface area contributed by atoms with Crippen LogP contribution >= 0.6 is 35.3 Å². The molecule has 1 aliphatic rings. The van der Waals surface area contributed by atoms with Crippen LogP contribution < -0.4 is 10.6 Å². The van der Waals surface area contributed by atoms with Crippen LogP contribution in [0.4, 0.5) is 0 Å². The highest BCUT2D eigenvalue weighted by Gasteiger charge is 2.23. The Bertz CT molecular complexity index is 753. The predicted molar refractivity (Wildman–Crippen MR) is 129 cm³/mol. The van der Waals surface area contributed by atoms with Gasteiger partial charge in [0, 0.05) is 18.0 Å². The van der Waals surface area contributed by atoms with Gasteiger partial charge in [-0.05, 0) is 57.9 Å². The Hall–Kier alpha value is -1.20. The molecule has 0 amide bonds. The molecule has 1 aliphatic carbocycles. The van der Waals surface area contributed by atoms with E-state index in [1.165, 1.54) is 4.88 Å². The number of hydrogen-bond acceptors (Lipinski definition) is 5. The molecule has 0 aromatic carbocycles. The van der Waals surface area contributed by atoms with Crippen molar-refractivity contribution in [3.05, 3.63) is 34.0 Å². The Morgan fingerprint density at radius 3 is 2.66 bits per heavy atom. The van der Waals surface area contributed by atoms with Crippen molar-refractivity contribution < 1.29 is 4.74 Å². The lowest BCUT2D eigenvalue weighted by molar-refractivity contribution is -0.0152. The molecule has 0 spiro atoms. The molecule has 0 aliphatic heterocycles. The highest BCUT2D eigenvalue weighted by molar-refractivity contribution is 14.0. The van der Waals surface area contributed by atoms with E-state index in [4.69, 9.17) is 9.73 Å². The third-order valence-corrected chi connectivity index (χ3v) is 5.93. The van der Waals surface area contributed by atoms with Gasteiger partial charge in [-0.1, -0.05) is 6.07 Å². The molecule has 29 heavy (non-hydrogen) atoms. The summed E-state index contributed by atoms with van der Waals surface area (Å²) in [6, 6.07) is 4.63. The standard InChI is InChI=1S/C20H32N6OS.HI/c1-14(2)27-17-9-7-16(8-10-17)23-20(21-12-18-6-5-11-28-18)22-13-19-25-24-15(3)26(19)4;/h5-6,11,14,16-17H,7-10,12-13H2,1-4H3,(H2,21,22,23);1H. The minimum absolute atomic E-state index is 0. The number of thiophene rings is 1. The Morgan fingerprint density at radius 1 is 1.31 bits per heavy atom. The van der Waals surface area contributed by atoms with Crippen molar-refractivity contribution in [2.24, 2.45) is 12.0 Å². The molecule has 1 fully saturated rings. The van der Waals surface area contributed by atoms with E-state index in [-0.39, 0.29) is 24.0 Å². The van der Waals surface area contributed by atoms with Crippen LogP contribution in [0.2, 0.25) is 0 Å². The van der Waals surface area contributed by atoms with Crippen molar-refractivity contribution in [1.29, 1.82) is 0 Å². The van der Waals surface area contributed by atoms with Crippen LogP contribution in [-0.2, 0) is 24.9 Å². The lowest BCUT2D eigenvalue weighted by atomic mass is 9.93. The van der Waals surface area contributed by atoms with Gasteiger partial charge in [0.15, 0.2) is 11.8 Å². The topological polar surface area (TPSA) is 76.4 Å². The molecule has 0 saturated heterocycles. The van der Waals surface area contributed by atoms with Crippen molar-refractivity contribution in [2.45, 2.75) is 77.8 Å². The highest BCUT2D eigenvalue weighted by Crippen LogP contribution is 2.22. The van der Waals surface area contributed by atoms with Gasteiger partial charge in [0.25, 0.3) is 0 Å². The van der Waals surface area contributed by atoms with Gasteiger partial charge in [-0.25, -0.2) is 4.99 Å². The molecule has 2 aromatic rings. The van der Waals surface area contributed by atoms with Crippen molar-refractivity contribution >= 4 is 41.3 Å². The number of hydrogen-bond donors (Lipinski definition) is 2. The fraction of sp³-hybridized carbons (Fsp3) is 0.650. The first kappa shape index (κ1) is 24.1. The average molecular weight is 532 g/mol. The highest BCUT2D eigenvalue weighted by atomic mass is 127. The van der Waals surface area contributed by atoms with E-state index in [1.807, 2.05) is 18.5 Å². The molecule has 1 saturated carbocycles. The SMILES string of the molecule is Cc1nnc(CN=C(NCc2cccs2)NC2CCC(OC(C)C)CC2)n1C.I. The molecular formula is C20H33IN6OS. The zero-order chi connectivity index (χ0) is 19.9. The summed E-state index contributed by atoms with van der Waals surface area (Å²) in [6.45, 7) is 7.44. The quantitative estimate of drug-likeness (QED) is 0.323. The van der Waals surface area contributed by atoms with Gasteiger partial charge in [0.05, 0.1) is 18.8 Å². The number of aryl methyl sites for hydroxylation is 1. The number of rotatable bonds is 7. The number of aromatic nitrogens is 3. The van der Waals surface area contributed by atoms with Crippen molar-refractivity contribution in [1.82, 2.24) is 25.4 Å². The molecule has 7 nitrogen and oxygen atoms in total. The van der Waals surface area contributed by atoms with Gasteiger partial charge in [-0.15, -0.1) is 45.5 Å². The lowest BCUT2D eigenvalue weighted by Gasteiger charge is -2.31. The largest absolute Gasteiger partial charge is 0.376 e. The van der Waals surface area contributed by atoms with Crippen molar-refractivity contribution in [3.8, 4) is 0 Å². The molecule has 0 atom stereocenters. The van der Waals surface area contributed by atoms with Crippen LogP contribution in [0.5, 0.6) is 0 Å². The molecular weight excluding hydrogens is 499 g/mol. The number of aliphatic imine (C=N–C) groups is 1. The first-order valence-corrected chi connectivity index (χ1v) is 11.0. The first-order chi connectivity index (χ1) is 13.5. The maximum absolute atomic E-state index is 5.97. The minimum atomic E-state index is 0. The van der Waals surface area contributed by atoms with Crippen LogP contribution in [0.15, 0.2) is 22.5 Å². The summed E-state index contributed by atoms with van der Waals surface area (Å²) in [6.07, 6.45) is 5.07. The number of guanidine groups is 1. The molecule has 2 N–H and O–H groups in total. The molecule has 2 aromatic heterocycles. The molecule has 162 valence electrons. The minimum Gasteiger partial charge on any atom is -0.376 e. The third kappa shape index (κ3) is 7.53. The van der Waals surface area contributed by atoms with Gasteiger partial charge < -0.3 is 19.9 Å². The Morgan fingerprint density at radius 2 is 2.07 bits per heavy atom. The van der Waals surface area contributed by atoms with Crippen LogP contribution in [0, 0.1) is 6.92 Å². The zero-order valence-electron chi connectivity index (χ0n) is 17.7. The Kier molecular flexibility index (Phi) is 9.84. The second kappa shape index (κ2) is 11.8. The summed E-state index contributed by atoms with van der Waals surface area (Å²) < 4.78 is 7.95. The van der Waals surface area contributed by atoms with Gasteiger partial charge in [0.2, 0.25) is 0 Å².